The number of ether oxygens (including phenoxy) is 1. The molecule has 0 aliphatic heterocycles. The molecule has 8 heteroatoms. The van der Waals surface area contributed by atoms with Crippen molar-refractivity contribution >= 4 is 28.6 Å². The number of aromatic amines is 2. The fraction of sp³-hybridized carbons (Fsp3) is 0.591. The number of amides is 1. The summed E-state index contributed by atoms with van der Waals surface area (Å²) in [7, 11) is 0. The third-order valence-corrected chi connectivity index (χ3v) is 7.13. The number of rotatable bonds is 5. The van der Waals surface area contributed by atoms with Crippen LogP contribution in [-0.4, -0.2) is 38.7 Å². The fourth-order valence-corrected chi connectivity index (χ4v) is 6.56. The summed E-state index contributed by atoms with van der Waals surface area (Å²) in [6, 6.07) is 5.02. The minimum atomic E-state index is -0.935. The molecule has 1 amide bonds. The molecular formula is C22H27N3O5. The van der Waals surface area contributed by atoms with Crippen molar-refractivity contribution in [3.8, 4) is 0 Å². The number of imidazole rings is 1. The Morgan fingerprint density at radius 2 is 1.90 bits per heavy atom. The maximum Gasteiger partial charge on any atom is 0.323 e. The minimum absolute atomic E-state index is 0.183. The molecule has 0 radical (unpaired) electrons. The van der Waals surface area contributed by atoms with Gasteiger partial charge in [-0.15, -0.1) is 0 Å². The summed E-state index contributed by atoms with van der Waals surface area (Å²) in [6.07, 6.45) is 4.80. The standard InChI is InChI=1S/C22H27N3O5/c1-12(19(27)23-15-2-3-16-17(5-15)25-20(28)24-16)30-18(26)10-21-6-13-4-14(7-21)9-22(29,8-13)11-21/h2-3,5,12-14,29H,4,6-11H2,1H3,(H,23,27)(H2,24,25,28)/t12-,13-,14-,21?,22?/m1/s1. The first-order valence-corrected chi connectivity index (χ1v) is 10.7. The molecule has 0 unspecified atom stereocenters. The molecule has 1 aromatic carbocycles. The molecule has 1 heterocycles. The van der Waals surface area contributed by atoms with Crippen molar-refractivity contribution in [1.29, 1.82) is 0 Å². The van der Waals surface area contributed by atoms with Crippen LogP contribution >= 0.6 is 0 Å². The van der Waals surface area contributed by atoms with Crippen LogP contribution in [0.15, 0.2) is 23.0 Å². The fourth-order valence-electron chi connectivity index (χ4n) is 6.56. The van der Waals surface area contributed by atoms with Gasteiger partial charge in [-0.2, -0.15) is 0 Å². The van der Waals surface area contributed by atoms with E-state index in [1.807, 2.05) is 0 Å². The smallest absolute Gasteiger partial charge is 0.323 e. The number of carbonyl (C=O) groups is 2. The van der Waals surface area contributed by atoms with Gasteiger partial charge in [0.1, 0.15) is 0 Å². The number of aliphatic hydroxyl groups is 1. The highest BCUT2D eigenvalue weighted by atomic mass is 16.5. The van der Waals surface area contributed by atoms with Crippen molar-refractivity contribution in [2.24, 2.45) is 17.3 Å². The lowest BCUT2D eigenvalue weighted by molar-refractivity contribution is -0.179. The van der Waals surface area contributed by atoms with Gasteiger partial charge in [0.25, 0.3) is 5.91 Å². The number of esters is 1. The second-order valence-corrected chi connectivity index (χ2v) is 9.82. The molecule has 3 atom stereocenters. The second-order valence-electron chi connectivity index (χ2n) is 9.82. The summed E-state index contributed by atoms with van der Waals surface area (Å²) in [5, 5.41) is 13.6. The van der Waals surface area contributed by atoms with Crippen LogP contribution in [0.4, 0.5) is 5.69 Å². The van der Waals surface area contributed by atoms with E-state index >= 15 is 0 Å². The number of hydrogen-bond acceptors (Lipinski definition) is 5. The Morgan fingerprint density at radius 1 is 1.20 bits per heavy atom. The SMILES string of the molecule is C[C@@H](OC(=O)CC12C[C@H]3C[C@@H](CC(O)(C3)C1)C2)C(=O)Nc1ccc2[nH]c(=O)[nH]c2c1. The molecule has 160 valence electrons. The van der Waals surface area contributed by atoms with Gasteiger partial charge in [-0.05, 0) is 80.9 Å². The van der Waals surface area contributed by atoms with Crippen molar-refractivity contribution in [1.82, 2.24) is 9.97 Å². The molecule has 30 heavy (non-hydrogen) atoms. The minimum Gasteiger partial charge on any atom is -0.453 e. The average molecular weight is 413 g/mol. The van der Waals surface area contributed by atoms with Crippen LogP contribution in [0, 0.1) is 17.3 Å². The maximum atomic E-state index is 12.6. The molecular weight excluding hydrogens is 386 g/mol. The van der Waals surface area contributed by atoms with Crippen LogP contribution in [0.1, 0.15) is 51.9 Å². The van der Waals surface area contributed by atoms with Crippen LogP contribution in [0.25, 0.3) is 11.0 Å². The first-order valence-electron chi connectivity index (χ1n) is 10.7. The summed E-state index contributed by atoms with van der Waals surface area (Å²) in [4.78, 5) is 41.8. The summed E-state index contributed by atoms with van der Waals surface area (Å²) in [5.41, 5.74) is 0.624. The van der Waals surface area contributed by atoms with Crippen molar-refractivity contribution in [3.05, 3.63) is 28.7 Å². The van der Waals surface area contributed by atoms with Crippen molar-refractivity contribution in [2.75, 3.05) is 5.32 Å². The summed E-state index contributed by atoms with van der Waals surface area (Å²) < 4.78 is 5.45. The molecule has 4 aliphatic carbocycles. The normalized spacial score (nSPS) is 32.9. The van der Waals surface area contributed by atoms with Crippen LogP contribution in [-0.2, 0) is 14.3 Å². The summed E-state index contributed by atoms with van der Waals surface area (Å²) in [5.74, 6) is 0.192. The van der Waals surface area contributed by atoms with Crippen LogP contribution in [0.2, 0.25) is 0 Å². The Morgan fingerprint density at radius 3 is 2.60 bits per heavy atom. The zero-order valence-electron chi connectivity index (χ0n) is 17.0. The van der Waals surface area contributed by atoms with Crippen molar-refractivity contribution in [3.63, 3.8) is 0 Å². The summed E-state index contributed by atoms with van der Waals surface area (Å²) in [6.45, 7) is 1.55. The van der Waals surface area contributed by atoms with E-state index in [0.717, 1.165) is 32.1 Å². The molecule has 4 N–H and O–H groups in total. The predicted molar refractivity (Wildman–Crippen MR) is 110 cm³/mol. The molecule has 6 rings (SSSR count). The molecule has 4 aliphatic rings. The third kappa shape index (κ3) is 3.53. The van der Waals surface area contributed by atoms with Gasteiger partial charge in [-0.1, -0.05) is 0 Å². The highest BCUT2D eigenvalue weighted by Gasteiger charge is 2.57. The Labute approximate surface area is 173 Å². The lowest BCUT2D eigenvalue weighted by Gasteiger charge is -2.60. The molecule has 8 nitrogen and oxygen atoms in total. The van der Waals surface area contributed by atoms with E-state index in [9.17, 15) is 19.5 Å². The number of hydrogen-bond donors (Lipinski definition) is 4. The van der Waals surface area contributed by atoms with Gasteiger partial charge < -0.3 is 25.1 Å². The number of benzene rings is 1. The van der Waals surface area contributed by atoms with E-state index in [1.165, 1.54) is 0 Å². The number of carbonyl (C=O) groups excluding carboxylic acids is 2. The van der Waals surface area contributed by atoms with Crippen LogP contribution in [0.5, 0.6) is 0 Å². The zero-order valence-corrected chi connectivity index (χ0v) is 17.0. The molecule has 4 fully saturated rings. The molecule has 2 aromatic rings. The third-order valence-electron chi connectivity index (χ3n) is 7.13. The van der Waals surface area contributed by atoms with E-state index in [4.69, 9.17) is 4.74 Å². The van der Waals surface area contributed by atoms with Crippen LogP contribution in [0.3, 0.4) is 0 Å². The number of H-pyrrole nitrogens is 2. The van der Waals surface area contributed by atoms with Gasteiger partial charge in [0.2, 0.25) is 0 Å². The molecule has 1 aromatic heterocycles. The lowest BCUT2D eigenvalue weighted by Crippen LogP contribution is -2.56. The first-order chi connectivity index (χ1) is 14.2. The quantitative estimate of drug-likeness (QED) is 0.561. The Balaban J connectivity index is 1.20. The van der Waals surface area contributed by atoms with E-state index < -0.39 is 17.6 Å². The molecule has 0 spiro atoms. The maximum absolute atomic E-state index is 12.6. The van der Waals surface area contributed by atoms with Gasteiger partial charge in [0, 0.05) is 5.69 Å². The van der Waals surface area contributed by atoms with Gasteiger partial charge >= 0.3 is 11.7 Å². The van der Waals surface area contributed by atoms with Gasteiger partial charge in [0.15, 0.2) is 6.10 Å². The molecule has 4 bridgehead atoms. The van der Waals surface area contributed by atoms with E-state index in [0.29, 0.717) is 35.0 Å². The van der Waals surface area contributed by atoms with Crippen LogP contribution < -0.4 is 11.0 Å². The zero-order chi connectivity index (χ0) is 21.1. The van der Waals surface area contributed by atoms with Gasteiger partial charge in [0.05, 0.1) is 23.1 Å². The van der Waals surface area contributed by atoms with Gasteiger partial charge in [-0.3, -0.25) is 9.59 Å². The number of nitrogens with one attached hydrogen (secondary N) is 3. The van der Waals surface area contributed by atoms with E-state index in [-0.39, 0.29) is 23.5 Å². The summed E-state index contributed by atoms with van der Waals surface area (Å²) >= 11 is 0. The lowest BCUT2D eigenvalue weighted by atomic mass is 9.47. The second kappa shape index (κ2) is 6.70. The van der Waals surface area contributed by atoms with E-state index in [1.54, 1.807) is 25.1 Å². The largest absolute Gasteiger partial charge is 0.453 e. The Kier molecular flexibility index (Phi) is 4.32. The molecule has 4 saturated carbocycles. The Hall–Kier alpha value is -2.61. The predicted octanol–water partition coefficient (Wildman–Crippen LogP) is 2.45. The first kappa shape index (κ1) is 19.4. The number of anilines is 1. The molecule has 0 saturated heterocycles. The van der Waals surface area contributed by atoms with E-state index in [2.05, 4.69) is 15.3 Å². The Bertz CT molecular complexity index is 1060. The monoisotopic (exact) mass is 413 g/mol. The highest BCUT2D eigenvalue weighted by Crippen LogP contribution is 2.62. The average Bonchev–Trinajstić information content (AvgIpc) is 2.98. The van der Waals surface area contributed by atoms with Crippen molar-refractivity contribution < 1.29 is 19.4 Å². The van der Waals surface area contributed by atoms with Crippen molar-refractivity contribution in [2.45, 2.75) is 63.6 Å². The number of fused-ring (bicyclic) bond motifs is 1. The topological polar surface area (TPSA) is 124 Å². The van der Waals surface area contributed by atoms with Gasteiger partial charge in [-0.25, -0.2) is 4.79 Å². The highest BCUT2D eigenvalue weighted by molar-refractivity contribution is 5.96. The number of aromatic nitrogens is 2.